The van der Waals surface area contributed by atoms with Crippen LogP contribution >= 0.6 is 0 Å². The molecule has 3 nitrogen and oxygen atoms in total. The van der Waals surface area contributed by atoms with Crippen molar-refractivity contribution in [1.29, 1.82) is 0 Å². The van der Waals surface area contributed by atoms with E-state index in [1.807, 2.05) is 0 Å². The van der Waals surface area contributed by atoms with Gasteiger partial charge in [-0.25, -0.2) is 0 Å². The molecule has 2 fully saturated rings. The Balaban J connectivity index is 2.16. The number of rotatable bonds is 3. The fourth-order valence-electron chi connectivity index (χ4n) is 3.39. The summed E-state index contributed by atoms with van der Waals surface area (Å²) in [5, 5.41) is 3.36. The van der Waals surface area contributed by atoms with E-state index < -0.39 is 0 Å². The number of nitrogens with one attached hydrogen (secondary N) is 1. The van der Waals surface area contributed by atoms with E-state index in [0.29, 0.717) is 18.5 Å². The van der Waals surface area contributed by atoms with E-state index in [4.69, 9.17) is 0 Å². The number of amides is 1. The van der Waals surface area contributed by atoms with Gasteiger partial charge in [-0.1, -0.05) is 41.5 Å². The minimum absolute atomic E-state index is 0.240. The van der Waals surface area contributed by atoms with Gasteiger partial charge in [0, 0.05) is 6.04 Å². The van der Waals surface area contributed by atoms with E-state index in [1.54, 1.807) is 0 Å². The molecule has 0 bridgehead atoms. The Morgan fingerprint density at radius 3 is 2.24 bits per heavy atom. The lowest BCUT2D eigenvalue weighted by Gasteiger charge is -2.28. The fraction of sp³-hybridized carbons (Fsp3) is 0.929. The third-order valence-electron chi connectivity index (χ3n) is 5.03. The molecule has 17 heavy (non-hydrogen) atoms. The molecular weight excluding hydrogens is 212 g/mol. The molecule has 1 aliphatic carbocycles. The van der Waals surface area contributed by atoms with Gasteiger partial charge in [-0.05, 0) is 23.2 Å². The zero-order valence-corrected chi connectivity index (χ0v) is 12.0. The van der Waals surface area contributed by atoms with Crippen molar-refractivity contribution in [1.82, 2.24) is 10.2 Å². The topological polar surface area (TPSA) is 32.3 Å². The Labute approximate surface area is 105 Å². The Morgan fingerprint density at radius 1 is 1.29 bits per heavy atom. The number of carbonyl (C=O) groups excluding carboxylic acids is 1. The summed E-state index contributed by atoms with van der Waals surface area (Å²) in [5.41, 5.74) is 0.480. The van der Waals surface area contributed by atoms with E-state index in [2.05, 4.69) is 51.8 Å². The highest BCUT2D eigenvalue weighted by Gasteiger charge is 2.69. The Kier molecular flexibility index (Phi) is 2.81. The maximum atomic E-state index is 12.1. The standard InChI is InChI=1S/C14H26N2O/c1-9(2)7-10-15-8-11(17)16(10)12-13(3,4)14(12,5)6/h9-10,12,15H,7-8H2,1-6H3. The van der Waals surface area contributed by atoms with Gasteiger partial charge in [-0.3, -0.25) is 10.1 Å². The molecule has 0 radical (unpaired) electrons. The highest BCUT2D eigenvalue weighted by atomic mass is 16.2. The first kappa shape index (κ1) is 12.9. The SMILES string of the molecule is CC(C)CC1NCC(=O)N1C1C(C)(C)C1(C)C. The van der Waals surface area contributed by atoms with E-state index in [9.17, 15) is 4.79 Å². The quantitative estimate of drug-likeness (QED) is 0.817. The second-order valence-electron chi connectivity index (χ2n) is 7.17. The van der Waals surface area contributed by atoms with Gasteiger partial charge in [0.1, 0.15) is 0 Å². The van der Waals surface area contributed by atoms with Crippen molar-refractivity contribution < 1.29 is 4.79 Å². The second kappa shape index (κ2) is 3.71. The van der Waals surface area contributed by atoms with Crippen molar-refractivity contribution in [2.45, 2.75) is 60.2 Å². The Morgan fingerprint density at radius 2 is 1.82 bits per heavy atom. The van der Waals surface area contributed by atoms with Gasteiger partial charge < -0.3 is 4.90 Å². The van der Waals surface area contributed by atoms with Gasteiger partial charge in [-0.15, -0.1) is 0 Å². The predicted octanol–water partition coefficient (Wildman–Crippen LogP) is 2.22. The normalized spacial score (nSPS) is 31.4. The summed E-state index contributed by atoms with van der Waals surface area (Å²) in [5.74, 6) is 0.894. The highest BCUT2D eigenvalue weighted by molar-refractivity contribution is 5.81. The van der Waals surface area contributed by atoms with Crippen LogP contribution < -0.4 is 5.32 Å². The van der Waals surface area contributed by atoms with Gasteiger partial charge in [0.25, 0.3) is 0 Å². The summed E-state index contributed by atoms with van der Waals surface area (Å²) in [6.07, 6.45) is 1.29. The van der Waals surface area contributed by atoms with E-state index >= 15 is 0 Å². The zero-order chi connectivity index (χ0) is 13.0. The first-order chi connectivity index (χ1) is 7.69. The maximum Gasteiger partial charge on any atom is 0.238 e. The molecular formula is C14H26N2O. The van der Waals surface area contributed by atoms with Gasteiger partial charge in [0.2, 0.25) is 5.91 Å². The first-order valence-electron chi connectivity index (χ1n) is 6.74. The summed E-state index contributed by atoms with van der Waals surface area (Å²) in [6, 6.07) is 0.390. The van der Waals surface area contributed by atoms with E-state index in [1.165, 1.54) is 0 Å². The third kappa shape index (κ3) is 1.79. The van der Waals surface area contributed by atoms with Crippen LogP contribution in [0.25, 0.3) is 0 Å². The summed E-state index contributed by atoms with van der Waals surface area (Å²) >= 11 is 0. The van der Waals surface area contributed by atoms with Crippen molar-refractivity contribution in [3.8, 4) is 0 Å². The predicted molar refractivity (Wildman–Crippen MR) is 69.4 cm³/mol. The molecule has 2 rings (SSSR count). The van der Waals surface area contributed by atoms with Crippen LogP contribution in [0.4, 0.5) is 0 Å². The molecule has 0 aromatic heterocycles. The molecule has 1 atom stereocenters. The lowest BCUT2D eigenvalue weighted by molar-refractivity contribution is -0.129. The van der Waals surface area contributed by atoms with Crippen molar-refractivity contribution in [3.63, 3.8) is 0 Å². The molecule has 0 spiro atoms. The van der Waals surface area contributed by atoms with Crippen LogP contribution in [0.1, 0.15) is 48.0 Å². The van der Waals surface area contributed by atoms with Crippen LogP contribution in [0.2, 0.25) is 0 Å². The molecule has 1 N–H and O–H groups in total. The van der Waals surface area contributed by atoms with Crippen molar-refractivity contribution in [2.24, 2.45) is 16.7 Å². The molecule has 3 heteroatoms. The van der Waals surface area contributed by atoms with Crippen LogP contribution in [-0.2, 0) is 4.79 Å². The molecule has 2 aliphatic rings. The summed E-state index contributed by atoms with van der Waals surface area (Å²) in [4.78, 5) is 14.2. The molecule has 0 aromatic carbocycles. The first-order valence-corrected chi connectivity index (χ1v) is 6.74. The highest BCUT2D eigenvalue weighted by Crippen LogP contribution is 2.65. The maximum absolute atomic E-state index is 12.1. The molecule has 1 amide bonds. The Hall–Kier alpha value is -0.570. The molecule has 0 aromatic rings. The van der Waals surface area contributed by atoms with Crippen LogP contribution in [0.15, 0.2) is 0 Å². The molecule has 1 saturated heterocycles. The minimum atomic E-state index is 0.240. The number of hydrogen-bond donors (Lipinski definition) is 1. The van der Waals surface area contributed by atoms with E-state index in [0.717, 1.165) is 6.42 Å². The van der Waals surface area contributed by atoms with Gasteiger partial charge >= 0.3 is 0 Å². The van der Waals surface area contributed by atoms with Gasteiger partial charge in [0.15, 0.2) is 0 Å². The summed E-state index contributed by atoms with van der Waals surface area (Å²) in [6.45, 7) is 14.0. The van der Waals surface area contributed by atoms with Crippen molar-refractivity contribution in [2.75, 3.05) is 6.54 Å². The average Bonchev–Trinajstić information content (AvgIpc) is 2.46. The molecule has 1 heterocycles. The number of nitrogens with zero attached hydrogens (tertiary/aromatic N) is 1. The van der Waals surface area contributed by atoms with Crippen molar-refractivity contribution >= 4 is 5.91 Å². The van der Waals surface area contributed by atoms with E-state index in [-0.39, 0.29) is 22.9 Å². The molecule has 1 saturated carbocycles. The smallest absolute Gasteiger partial charge is 0.238 e. The summed E-state index contributed by atoms with van der Waals surface area (Å²) < 4.78 is 0. The Bertz CT molecular complexity index is 319. The summed E-state index contributed by atoms with van der Waals surface area (Å²) in [7, 11) is 0. The lowest BCUT2D eigenvalue weighted by Crippen LogP contribution is -2.42. The van der Waals surface area contributed by atoms with Crippen molar-refractivity contribution in [3.05, 3.63) is 0 Å². The molecule has 1 aliphatic heterocycles. The third-order valence-corrected chi connectivity index (χ3v) is 5.03. The molecule has 98 valence electrons. The van der Waals surface area contributed by atoms with Crippen LogP contribution in [0, 0.1) is 16.7 Å². The van der Waals surface area contributed by atoms with Crippen LogP contribution in [-0.4, -0.2) is 29.6 Å². The molecule has 1 unspecified atom stereocenters. The second-order valence-corrected chi connectivity index (χ2v) is 7.17. The number of hydrogen-bond acceptors (Lipinski definition) is 2. The zero-order valence-electron chi connectivity index (χ0n) is 12.0. The van der Waals surface area contributed by atoms with Crippen LogP contribution in [0.5, 0.6) is 0 Å². The van der Waals surface area contributed by atoms with Gasteiger partial charge in [-0.2, -0.15) is 0 Å². The minimum Gasteiger partial charge on any atom is -0.322 e. The largest absolute Gasteiger partial charge is 0.322 e. The fourth-order valence-corrected chi connectivity index (χ4v) is 3.39. The monoisotopic (exact) mass is 238 g/mol. The lowest BCUT2D eigenvalue weighted by atomic mass is 10.0. The van der Waals surface area contributed by atoms with Crippen LogP contribution in [0.3, 0.4) is 0 Å². The van der Waals surface area contributed by atoms with Gasteiger partial charge in [0.05, 0.1) is 12.7 Å². The average molecular weight is 238 g/mol. The number of carbonyl (C=O) groups is 1.